The van der Waals surface area contributed by atoms with Gasteiger partial charge in [0.15, 0.2) is 0 Å². The first-order valence-corrected chi connectivity index (χ1v) is 9.95. The predicted molar refractivity (Wildman–Crippen MR) is 109 cm³/mol. The molecule has 1 aliphatic rings. The first kappa shape index (κ1) is 26.2. The number of ether oxygens (including phenoxy) is 3. The molecule has 3 amide bonds. The van der Waals surface area contributed by atoms with E-state index in [0.717, 1.165) is 0 Å². The van der Waals surface area contributed by atoms with E-state index in [4.69, 9.17) is 31.4 Å². The van der Waals surface area contributed by atoms with Gasteiger partial charge in [0.05, 0.1) is 18.1 Å². The molecule has 1 aliphatic carbocycles. The molecule has 0 aromatic carbocycles. The summed E-state index contributed by atoms with van der Waals surface area (Å²) in [5, 5.41) is 8.58. The Morgan fingerprint density at radius 2 is 0.833 bits per heavy atom. The highest BCUT2D eigenvalue weighted by Crippen LogP contribution is 2.28. The number of nitrogens with two attached hydrogens (primary N) is 3. The Morgan fingerprint density at radius 1 is 0.600 bits per heavy atom. The molecule has 174 valence electrons. The van der Waals surface area contributed by atoms with Gasteiger partial charge in [-0.15, -0.1) is 0 Å². The SMILES string of the molecule is COC1C(NC(=O)CCN)C(OC)C(NC(=O)CCN)C(OC)C1NC(=O)CCN. The smallest absolute Gasteiger partial charge is 0.221 e. The summed E-state index contributed by atoms with van der Waals surface area (Å²) in [6.45, 7) is 0.506. The van der Waals surface area contributed by atoms with E-state index in [1.807, 2.05) is 0 Å². The fourth-order valence-corrected chi connectivity index (χ4v) is 3.77. The third-order valence-corrected chi connectivity index (χ3v) is 5.04. The molecule has 1 fully saturated rings. The molecule has 1 saturated carbocycles. The average molecular weight is 433 g/mol. The van der Waals surface area contributed by atoms with Gasteiger partial charge < -0.3 is 47.4 Å². The first-order valence-electron chi connectivity index (χ1n) is 9.95. The fraction of sp³-hybridized carbons (Fsp3) is 0.833. The number of hydrogen-bond acceptors (Lipinski definition) is 9. The van der Waals surface area contributed by atoms with Crippen molar-refractivity contribution in [1.82, 2.24) is 16.0 Å². The highest BCUT2D eigenvalue weighted by molar-refractivity contribution is 5.78. The number of carbonyl (C=O) groups is 3. The van der Waals surface area contributed by atoms with Gasteiger partial charge in [-0.1, -0.05) is 0 Å². The van der Waals surface area contributed by atoms with Crippen molar-refractivity contribution in [3.8, 4) is 0 Å². The van der Waals surface area contributed by atoms with Crippen molar-refractivity contribution in [1.29, 1.82) is 0 Å². The van der Waals surface area contributed by atoms with E-state index in [2.05, 4.69) is 16.0 Å². The molecule has 12 nitrogen and oxygen atoms in total. The van der Waals surface area contributed by atoms with Crippen LogP contribution in [0.4, 0.5) is 0 Å². The molecule has 0 aromatic heterocycles. The molecule has 0 bridgehead atoms. The maximum atomic E-state index is 12.3. The minimum absolute atomic E-state index is 0.103. The molecular formula is C18H36N6O6. The third kappa shape index (κ3) is 6.86. The number of nitrogens with one attached hydrogen (secondary N) is 3. The Balaban J connectivity index is 3.32. The largest absolute Gasteiger partial charge is 0.377 e. The second-order valence-corrected chi connectivity index (χ2v) is 7.00. The second kappa shape index (κ2) is 13.5. The molecule has 1 rings (SSSR count). The molecule has 0 aromatic rings. The zero-order chi connectivity index (χ0) is 22.7. The Hall–Kier alpha value is -1.83. The van der Waals surface area contributed by atoms with Crippen LogP contribution in [0.2, 0.25) is 0 Å². The Kier molecular flexibility index (Phi) is 11.8. The van der Waals surface area contributed by atoms with Gasteiger partial charge in [-0.05, 0) is 0 Å². The highest BCUT2D eigenvalue weighted by Gasteiger charge is 2.53. The molecule has 0 unspecified atom stereocenters. The number of amides is 3. The number of rotatable bonds is 12. The summed E-state index contributed by atoms with van der Waals surface area (Å²) in [5.74, 6) is -0.912. The van der Waals surface area contributed by atoms with Gasteiger partial charge in [-0.2, -0.15) is 0 Å². The van der Waals surface area contributed by atoms with Crippen molar-refractivity contribution in [2.75, 3.05) is 41.0 Å². The first-order chi connectivity index (χ1) is 14.4. The van der Waals surface area contributed by atoms with Crippen molar-refractivity contribution >= 4 is 17.7 Å². The van der Waals surface area contributed by atoms with Gasteiger partial charge in [0.2, 0.25) is 17.7 Å². The van der Waals surface area contributed by atoms with E-state index in [1.165, 1.54) is 21.3 Å². The zero-order valence-electron chi connectivity index (χ0n) is 17.9. The average Bonchev–Trinajstić information content (AvgIpc) is 2.69. The molecule has 30 heavy (non-hydrogen) atoms. The molecule has 9 N–H and O–H groups in total. The Labute approximate surface area is 176 Å². The molecule has 0 saturated heterocycles. The lowest BCUT2D eigenvalue weighted by molar-refractivity contribution is -0.151. The van der Waals surface area contributed by atoms with Crippen LogP contribution in [-0.2, 0) is 28.6 Å². The summed E-state index contributed by atoms with van der Waals surface area (Å²) < 4.78 is 17.0. The predicted octanol–water partition coefficient (Wildman–Crippen LogP) is -3.45. The summed E-state index contributed by atoms with van der Waals surface area (Å²) in [7, 11) is 4.38. The van der Waals surface area contributed by atoms with E-state index in [9.17, 15) is 14.4 Å². The van der Waals surface area contributed by atoms with Crippen LogP contribution in [0.5, 0.6) is 0 Å². The summed E-state index contributed by atoms with van der Waals surface area (Å²) in [6.07, 6.45) is -1.80. The molecule has 0 aliphatic heterocycles. The normalized spacial score (nSPS) is 28.6. The number of hydrogen-bond donors (Lipinski definition) is 6. The maximum absolute atomic E-state index is 12.3. The van der Waals surface area contributed by atoms with Crippen molar-refractivity contribution in [3.05, 3.63) is 0 Å². The quantitative estimate of drug-likeness (QED) is 0.182. The van der Waals surface area contributed by atoms with E-state index in [-0.39, 0.29) is 56.6 Å². The summed E-state index contributed by atoms with van der Waals surface area (Å²) >= 11 is 0. The van der Waals surface area contributed by atoms with Gasteiger partial charge in [0.25, 0.3) is 0 Å². The minimum atomic E-state index is -0.703. The van der Waals surface area contributed by atoms with E-state index < -0.39 is 36.4 Å². The van der Waals surface area contributed by atoms with Gasteiger partial charge in [0.1, 0.15) is 18.3 Å². The molecule has 12 heteroatoms. The van der Waals surface area contributed by atoms with Crippen LogP contribution in [-0.4, -0.2) is 95.1 Å². The highest BCUT2D eigenvalue weighted by atomic mass is 16.5. The van der Waals surface area contributed by atoms with Crippen LogP contribution < -0.4 is 33.2 Å². The van der Waals surface area contributed by atoms with E-state index in [1.54, 1.807) is 0 Å². The second-order valence-electron chi connectivity index (χ2n) is 7.00. The van der Waals surface area contributed by atoms with Crippen LogP contribution >= 0.6 is 0 Å². The molecule has 0 spiro atoms. The summed E-state index contributed by atoms with van der Waals surface area (Å²) in [4.78, 5) is 36.9. The number of methoxy groups -OCH3 is 3. The lowest BCUT2D eigenvalue weighted by Crippen LogP contribution is -2.76. The zero-order valence-corrected chi connectivity index (χ0v) is 17.9. The molecular weight excluding hydrogens is 396 g/mol. The monoisotopic (exact) mass is 432 g/mol. The lowest BCUT2D eigenvalue weighted by atomic mass is 9.79. The van der Waals surface area contributed by atoms with Crippen molar-refractivity contribution in [2.45, 2.75) is 55.7 Å². The van der Waals surface area contributed by atoms with Crippen LogP contribution in [0.15, 0.2) is 0 Å². The van der Waals surface area contributed by atoms with Gasteiger partial charge in [-0.25, -0.2) is 0 Å². The molecule has 0 atom stereocenters. The van der Waals surface area contributed by atoms with Crippen molar-refractivity contribution < 1.29 is 28.6 Å². The molecule has 0 heterocycles. The van der Waals surface area contributed by atoms with Crippen LogP contribution in [0.3, 0.4) is 0 Å². The van der Waals surface area contributed by atoms with Gasteiger partial charge in [-0.3, -0.25) is 14.4 Å². The summed E-state index contributed by atoms with van der Waals surface area (Å²) in [6, 6.07) is -2.09. The van der Waals surface area contributed by atoms with E-state index in [0.29, 0.717) is 0 Å². The fourth-order valence-electron chi connectivity index (χ4n) is 3.77. The summed E-state index contributed by atoms with van der Waals surface area (Å²) in [5.41, 5.74) is 16.5. The Bertz CT molecular complexity index is 477. The van der Waals surface area contributed by atoms with Gasteiger partial charge >= 0.3 is 0 Å². The topological polar surface area (TPSA) is 193 Å². The Morgan fingerprint density at radius 3 is 1.00 bits per heavy atom. The van der Waals surface area contributed by atoms with Crippen LogP contribution in [0.25, 0.3) is 0 Å². The molecule has 0 radical (unpaired) electrons. The maximum Gasteiger partial charge on any atom is 0.221 e. The van der Waals surface area contributed by atoms with Crippen LogP contribution in [0.1, 0.15) is 19.3 Å². The number of carbonyl (C=O) groups excluding carboxylic acids is 3. The van der Waals surface area contributed by atoms with Crippen LogP contribution in [0, 0.1) is 0 Å². The minimum Gasteiger partial charge on any atom is -0.377 e. The van der Waals surface area contributed by atoms with Gasteiger partial charge in [0, 0.05) is 60.2 Å². The lowest BCUT2D eigenvalue weighted by Gasteiger charge is -2.50. The van der Waals surface area contributed by atoms with Crippen molar-refractivity contribution in [3.63, 3.8) is 0 Å². The standard InChI is InChI=1S/C18H36N6O6/c1-28-16-13(22-10(25)4-7-19)17(29-2)15(24-12(27)6-9-21)18(30-3)14(16)23-11(26)5-8-20/h13-18H,4-9,19-21H2,1-3H3,(H,22,25)(H,23,26)(H,24,27). The third-order valence-electron chi connectivity index (χ3n) is 5.04. The van der Waals surface area contributed by atoms with E-state index >= 15 is 0 Å². The van der Waals surface area contributed by atoms with Crippen molar-refractivity contribution in [2.24, 2.45) is 17.2 Å².